The number of carboxylic acid groups (broad SMARTS) is 1. The van der Waals surface area contributed by atoms with Crippen LogP contribution in [0.4, 0.5) is 5.69 Å². The van der Waals surface area contributed by atoms with E-state index in [0.29, 0.717) is 64.4 Å². The van der Waals surface area contributed by atoms with Gasteiger partial charge in [0.05, 0.1) is 23.9 Å². The van der Waals surface area contributed by atoms with Crippen LogP contribution in [-0.2, 0) is 4.79 Å². The first-order valence-corrected chi connectivity index (χ1v) is 12.3. The number of hydrogen-bond donors (Lipinski definition) is 0. The van der Waals surface area contributed by atoms with Gasteiger partial charge in [0.15, 0.2) is 0 Å². The molecule has 37 heavy (non-hydrogen) atoms. The van der Waals surface area contributed by atoms with Gasteiger partial charge in [-0.25, -0.2) is 0 Å². The van der Waals surface area contributed by atoms with Crippen molar-refractivity contribution >= 4 is 40.8 Å². The first-order chi connectivity index (χ1) is 17.3. The summed E-state index contributed by atoms with van der Waals surface area (Å²) < 4.78 is 17.2. The minimum atomic E-state index is -1.13. The van der Waals surface area contributed by atoms with Crippen molar-refractivity contribution < 1.29 is 58.5 Å². The monoisotopic (exact) mass is 551 g/mol. The molecule has 0 N–H and O–H groups in total. The molecule has 0 saturated heterocycles. The van der Waals surface area contributed by atoms with Crippen LogP contribution in [0.3, 0.4) is 0 Å². The van der Waals surface area contributed by atoms with Gasteiger partial charge in [0.1, 0.15) is 23.0 Å². The third-order valence-electron chi connectivity index (χ3n) is 5.79. The number of nitrogens with zero attached hydrogens (tertiary/aromatic N) is 1. The fraction of sp³-hybridized carbons (Fsp3) is 0.259. The van der Waals surface area contributed by atoms with E-state index in [2.05, 4.69) is 0 Å². The van der Waals surface area contributed by atoms with Crippen molar-refractivity contribution in [3.8, 4) is 23.0 Å². The molecular weight excluding hydrogens is 528 g/mol. The molecule has 4 rings (SSSR count). The van der Waals surface area contributed by atoms with Gasteiger partial charge in [0.25, 0.3) is 5.91 Å². The van der Waals surface area contributed by atoms with E-state index in [4.69, 9.17) is 37.4 Å². The Morgan fingerprint density at radius 3 is 2.51 bits per heavy atom. The van der Waals surface area contributed by atoms with Gasteiger partial charge >= 0.3 is 29.6 Å². The van der Waals surface area contributed by atoms with Crippen LogP contribution in [0.1, 0.15) is 42.1 Å². The Kier molecular flexibility index (Phi) is 10.2. The summed E-state index contributed by atoms with van der Waals surface area (Å²) in [6.07, 6.45) is 0.355. The largest absolute Gasteiger partial charge is 1.00 e. The van der Waals surface area contributed by atoms with Gasteiger partial charge in [-0.15, -0.1) is 0 Å². The molecule has 3 aromatic carbocycles. The van der Waals surface area contributed by atoms with Gasteiger partial charge < -0.3 is 29.0 Å². The Hall–Kier alpha value is -2.42. The third-order valence-corrected chi connectivity index (χ3v) is 6.32. The summed E-state index contributed by atoms with van der Waals surface area (Å²) in [5.41, 5.74) is 1.53. The summed E-state index contributed by atoms with van der Waals surface area (Å²) in [5, 5.41) is 12.1. The van der Waals surface area contributed by atoms with Crippen LogP contribution in [0, 0.1) is 0 Å². The van der Waals surface area contributed by atoms with Crippen molar-refractivity contribution in [2.45, 2.75) is 26.2 Å². The van der Waals surface area contributed by atoms with Crippen LogP contribution < -0.4 is 53.8 Å². The molecular formula is C27H24Cl2NNaO6. The third kappa shape index (κ3) is 6.54. The normalized spacial score (nSPS) is 14.0. The minimum Gasteiger partial charge on any atom is -0.549 e. The summed E-state index contributed by atoms with van der Waals surface area (Å²) in [4.78, 5) is 26.3. The second-order valence-electron chi connectivity index (χ2n) is 8.05. The number of carbonyl (C=O) groups excluding carboxylic acids is 2. The van der Waals surface area contributed by atoms with Gasteiger partial charge in [0.2, 0.25) is 0 Å². The molecule has 0 aliphatic carbocycles. The van der Waals surface area contributed by atoms with E-state index in [-0.39, 0.29) is 47.1 Å². The molecule has 1 unspecified atom stereocenters. The van der Waals surface area contributed by atoms with Crippen LogP contribution in [0.25, 0.3) is 0 Å². The zero-order valence-corrected chi connectivity index (χ0v) is 24.3. The zero-order valence-electron chi connectivity index (χ0n) is 20.8. The van der Waals surface area contributed by atoms with Gasteiger partial charge in [0, 0.05) is 46.7 Å². The summed E-state index contributed by atoms with van der Waals surface area (Å²) in [6, 6.07) is 14.8. The van der Waals surface area contributed by atoms with Crippen LogP contribution in [-0.4, -0.2) is 31.6 Å². The molecule has 1 heterocycles. The minimum absolute atomic E-state index is 0. The second-order valence-corrected chi connectivity index (χ2v) is 8.89. The van der Waals surface area contributed by atoms with Crippen LogP contribution in [0.5, 0.6) is 23.0 Å². The summed E-state index contributed by atoms with van der Waals surface area (Å²) in [6.45, 7) is 4.83. The first kappa shape index (κ1) is 29.1. The molecule has 10 heteroatoms. The van der Waals surface area contributed by atoms with E-state index in [1.807, 2.05) is 13.8 Å². The Bertz CT molecular complexity index is 1300. The zero-order chi connectivity index (χ0) is 25.8. The number of fused-ring (bicyclic) bond motifs is 1. The summed E-state index contributed by atoms with van der Waals surface area (Å²) >= 11 is 12.6. The first-order valence-electron chi connectivity index (χ1n) is 11.5. The van der Waals surface area contributed by atoms with Gasteiger partial charge in [-0.05, 0) is 56.7 Å². The molecule has 188 valence electrons. The second kappa shape index (κ2) is 12.9. The number of rotatable bonds is 8. The topological polar surface area (TPSA) is 88.1 Å². The van der Waals surface area contributed by atoms with Crippen molar-refractivity contribution in [3.05, 3.63) is 75.8 Å². The predicted molar refractivity (Wildman–Crippen MR) is 136 cm³/mol. The summed E-state index contributed by atoms with van der Waals surface area (Å²) in [7, 11) is 0. The molecule has 0 bridgehead atoms. The molecule has 1 atom stereocenters. The Morgan fingerprint density at radius 1 is 1.05 bits per heavy atom. The van der Waals surface area contributed by atoms with Crippen LogP contribution >= 0.6 is 23.2 Å². The van der Waals surface area contributed by atoms with Gasteiger partial charge in [-0.3, -0.25) is 4.79 Å². The van der Waals surface area contributed by atoms with E-state index < -0.39 is 11.9 Å². The summed E-state index contributed by atoms with van der Waals surface area (Å²) in [5.74, 6) is -0.405. The molecule has 1 amide bonds. The van der Waals surface area contributed by atoms with Gasteiger partial charge in [-0.2, -0.15) is 0 Å². The SMILES string of the molecule is CCOc1cc(Cl)ccc1N(CC)C(=O)c1ccc(Oc2ccc3c(c2)OCCC3C(=O)[O-])c(Cl)c1.[Na+]. The van der Waals surface area contributed by atoms with Crippen molar-refractivity contribution in [2.24, 2.45) is 0 Å². The maximum absolute atomic E-state index is 13.4. The fourth-order valence-corrected chi connectivity index (χ4v) is 4.46. The molecule has 0 spiro atoms. The molecule has 0 fully saturated rings. The van der Waals surface area contributed by atoms with Crippen molar-refractivity contribution in [1.82, 2.24) is 0 Å². The van der Waals surface area contributed by atoms with Crippen LogP contribution in [0.2, 0.25) is 10.0 Å². The average Bonchev–Trinajstić information content (AvgIpc) is 2.86. The Balaban J connectivity index is 0.00000380. The molecule has 0 aromatic heterocycles. The number of ether oxygens (including phenoxy) is 3. The van der Waals surface area contributed by atoms with E-state index in [0.717, 1.165) is 0 Å². The fourth-order valence-electron chi connectivity index (χ4n) is 4.08. The van der Waals surface area contributed by atoms with Crippen LogP contribution in [0.15, 0.2) is 54.6 Å². The standard InChI is InChI=1S/C27H25Cl2NO6.Na/c1-3-30(22-9-6-17(28)14-25(22)34-4-2)26(31)16-5-10-23(21(29)13-16)36-18-7-8-19-20(27(32)33)11-12-35-24(19)15-18;/h5-10,13-15,20H,3-4,11-12H2,1-2H3,(H,32,33);/q;+1/p-1. The Labute approximate surface area is 247 Å². The number of benzene rings is 3. The van der Waals surface area contributed by atoms with E-state index in [9.17, 15) is 14.7 Å². The van der Waals surface area contributed by atoms with E-state index >= 15 is 0 Å². The molecule has 3 aromatic rings. The van der Waals surface area contributed by atoms with Crippen molar-refractivity contribution in [3.63, 3.8) is 0 Å². The number of aliphatic carboxylic acids is 1. The smallest absolute Gasteiger partial charge is 0.549 e. The van der Waals surface area contributed by atoms with Crippen molar-refractivity contribution in [2.75, 3.05) is 24.7 Å². The maximum Gasteiger partial charge on any atom is 1.00 e. The maximum atomic E-state index is 13.4. The molecule has 7 nitrogen and oxygen atoms in total. The number of hydrogen-bond acceptors (Lipinski definition) is 6. The number of carboxylic acids is 1. The number of anilines is 1. The van der Waals surface area contributed by atoms with Crippen molar-refractivity contribution in [1.29, 1.82) is 0 Å². The number of halogens is 2. The predicted octanol–water partition coefficient (Wildman–Crippen LogP) is 2.47. The molecule has 1 aliphatic heterocycles. The average molecular weight is 552 g/mol. The molecule has 0 saturated carbocycles. The van der Waals surface area contributed by atoms with Gasteiger partial charge in [-0.1, -0.05) is 29.3 Å². The Morgan fingerprint density at radius 2 is 1.84 bits per heavy atom. The molecule has 1 aliphatic rings. The number of carbonyl (C=O) groups is 2. The van der Waals surface area contributed by atoms with E-state index in [1.165, 1.54) is 0 Å². The van der Waals surface area contributed by atoms with E-state index in [1.54, 1.807) is 59.5 Å². The number of amides is 1. The molecule has 0 radical (unpaired) electrons. The quantitative estimate of drug-likeness (QED) is 0.400.